The molecule has 0 saturated carbocycles. The molecule has 0 bridgehead atoms. The lowest BCUT2D eigenvalue weighted by molar-refractivity contribution is 0.599. The van der Waals surface area contributed by atoms with Gasteiger partial charge in [-0.1, -0.05) is 29.3 Å². The predicted octanol–water partition coefficient (Wildman–Crippen LogP) is 5.25. The number of rotatable bonds is 2. The van der Waals surface area contributed by atoms with E-state index in [0.717, 1.165) is 11.1 Å². The Balaban J connectivity index is 2.49. The van der Waals surface area contributed by atoms with Crippen LogP contribution in [0, 0.1) is 12.7 Å². The van der Waals surface area contributed by atoms with E-state index in [9.17, 15) is 4.39 Å². The van der Waals surface area contributed by atoms with Gasteiger partial charge in [0.2, 0.25) is 0 Å². The zero-order chi connectivity index (χ0) is 14.2. The zero-order valence-corrected chi connectivity index (χ0v) is 13.2. The van der Waals surface area contributed by atoms with E-state index in [1.54, 1.807) is 6.07 Å². The second-order valence-corrected chi connectivity index (χ2v) is 6.03. The van der Waals surface area contributed by atoms with Crippen molar-refractivity contribution in [2.45, 2.75) is 13.0 Å². The first kappa shape index (κ1) is 14.8. The fraction of sp³-hybridized carbons (Fsp3) is 0.143. The molecule has 2 rings (SSSR count). The number of halogens is 4. The van der Waals surface area contributed by atoms with E-state index in [1.807, 2.05) is 19.1 Å². The highest BCUT2D eigenvalue weighted by Crippen LogP contribution is 2.31. The monoisotopic (exact) mass is 361 g/mol. The Morgan fingerprint density at radius 2 is 1.84 bits per heavy atom. The van der Waals surface area contributed by atoms with Crippen molar-refractivity contribution >= 4 is 39.1 Å². The summed E-state index contributed by atoms with van der Waals surface area (Å²) in [6.45, 7) is 1.91. The minimum absolute atomic E-state index is 0.342. The van der Waals surface area contributed by atoms with Gasteiger partial charge < -0.3 is 5.73 Å². The van der Waals surface area contributed by atoms with Gasteiger partial charge in [-0.05, 0) is 58.2 Å². The quantitative estimate of drug-likeness (QED) is 0.725. The fourth-order valence-corrected chi connectivity index (χ4v) is 2.69. The normalized spacial score (nSPS) is 12.5. The van der Waals surface area contributed by atoms with Crippen LogP contribution in [0.4, 0.5) is 4.39 Å². The molecule has 1 atom stereocenters. The molecule has 100 valence electrons. The molecule has 0 aliphatic heterocycles. The van der Waals surface area contributed by atoms with E-state index < -0.39 is 11.9 Å². The fourth-order valence-electron chi connectivity index (χ4n) is 1.90. The minimum Gasteiger partial charge on any atom is -0.320 e. The summed E-state index contributed by atoms with van der Waals surface area (Å²) in [5.41, 5.74) is 8.17. The molecule has 0 aliphatic rings. The SMILES string of the molecule is Cc1cc(Cl)cc(C(N)c2cc(Cl)c(Br)cc2F)c1. The highest BCUT2D eigenvalue weighted by Gasteiger charge is 2.16. The van der Waals surface area contributed by atoms with Gasteiger partial charge in [0.25, 0.3) is 0 Å². The third kappa shape index (κ3) is 3.29. The molecule has 0 saturated heterocycles. The third-order valence-corrected chi connectivity index (χ3v) is 4.21. The summed E-state index contributed by atoms with van der Waals surface area (Å²) in [4.78, 5) is 0. The standard InChI is InChI=1S/C14H11BrCl2FN/c1-7-2-8(4-9(16)3-7)14(19)10-5-12(17)11(15)6-13(10)18/h2-6,14H,19H2,1H3. The maximum absolute atomic E-state index is 14.0. The van der Waals surface area contributed by atoms with E-state index in [0.29, 0.717) is 20.1 Å². The van der Waals surface area contributed by atoms with Gasteiger partial charge in [0.15, 0.2) is 0 Å². The molecule has 2 aromatic rings. The van der Waals surface area contributed by atoms with Crippen LogP contribution in [0.15, 0.2) is 34.8 Å². The van der Waals surface area contributed by atoms with E-state index in [4.69, 9.17) is 28.9 Å². The summed E-state index contributed by atoms with van der Waals surface area (Å²) < 4.78 is 14.5. The van der Waals surface area contributed by atoms with Gasteiger partial charge in [0.05, 0.1) is 11.1 Å². The molecule has 5 heteroatoms. The number of nitrogens with two attached hydrogens (primary N) is 1. The molecule has 0 aromatic heterocycles. The summed E-state index contributed by atoms with van der Waals surface area (Å²) >= 11 is 15.2. The summed E-state index contributed by atoms with van der Waals surface area (Å²) in [6.07, 6.45) is 0. The summed E-state index contributed by atoms with van der Waals surface area (Å²) in [5, 5.41) is 1.000. The summed E-state index contributed by atoms with van der Waals surface area (Å²) in [6, 6.07) is 7.67. The van der Waals surface area contributed by atoms with Crippen molar-refractivity contribution in [3.63, 3.8) is 0 Å². The summed E-state index contributed by atoms with van der Waals surface area (Å²) in [7, 11) is 0. The first-order chi connectivity index (χ1) is 8.88. The van der Waals surface area contributed by atoms with E-state index >= 15 is 0 Å². The molecule has 1 nitrogen and oxygen atoms in total. The number of hydrogen-bond donors (Lipinski definition) is 1. The Morgan fingerprint density at radius 1 is 1.16 bits per heavy atom. The summed E-state index contributed by atoms with van der Waals surface area (Å²) in [5.74, 6) is -0.401. The molecule has 0 heterocycles. The highest BCUT2D eigenvalue weighted by molar-refractivity contribution is 9.10. The molecule has 0 aliphatic carbocycles. The van der Waals surface area contributed by atoms with Crippen LogP contribution in [-0.4, -0.2) is 0 Å². The molecule has 0 fully saturated rings. The third-order valence-electron chi connectivity index (χ3n) is 2.80. The van der Waals surface area contributed by atoms with Crippen molar-refractivity contribution in [1.29, 1.82) is 0 Å². The van der Waals surface area contributed by atoms with Crippen LogP contribution in [0.5, 0.6) is 0 Å². The minimum atomic E-state index is -0.608. The Kier molecular flexibility index (Phi) is 4.51. The van der Waals surface area contributed by atoms with E-state index in [-0.39, 0.29) is 0 Å². The van der Waals surface area contributed by atoms with Crippen LogP contribution in [0.1, 0.15) is 22.7 Å². The first-order valence-electron chi connectivity index (χ1n) is 5.55. The second kappa shape index (κ2) is 5.80. The molecule has 19 heavy (non-hydrogen) atoms. The van der Waals surface area contributed by atoms with Crippen molar-refractivity contribution < 1.29 is 4.39 Å². The van der Waals surface area contributed by atoms with Crippen molar-refractivity contribution in [3.8, 4) is 0 Å². The zero-order valence-electron chi connectivity index (χ0n) is 10.1. The molecule has 2 N–H and O–H groups in total. The molecule has 0 spiro atoms. The van der Waals surface area contributed by atoms with Gasteiger partial charge in [-0.15, -0.1) is 0 Å². The van der Waals surface area contributed by atoms with Crippen molar-refractivity contribution in [2.75, 3.05) is 0 Å². The van der Waals surface area contributed by atoms with Crippen LogP contribution in [0.25, 0.3) is 0 Å². The largest absolute Gasteiger partial charge is 0.320 e. The van der Waals surface area contributed by atoms with Crippen LogP contribution in [0.3, 0.4) is 0 Å². The van der Waals surface area contributed by atoms with Gasteiger partial charge in [-0.2, -0.15) is 0 Å². The smallest absolute Gasteiger partial charge is 0.129 e. The van der Waals surface area contributed by atoms with Gasteiger partial charge in [0.1, 0.15) is 5.82 Å². The van der Waals surface area contributed by atoms with Crippen molar-refractivity contribution in [3.05, 3.63) is 67.4 Å². The van der Waals surface area contributed by atoms with Crippen molar-refractivity contribution in [1.82, 2.24) is 0 Å². The van der Waals surface area contributed by atoms with Gasteiger partial charge in [-0.3, -0.25) is 0 Å². The first-order valence-corrected chi connectivity index (χ1v) is 7.10. The molecule has 0 radical (unpaired) electrons. The average Bonchev–Trinajstić information content (AvgIpc) is 2.31. The molecular weight excluding hydrogens is 352 g/mol. The molecule has 2 aromatic carbocycles. The Labute approximate surface area is 129 Å². The molecular formula is C14H11BrCl2FN. The maximum Gasteiger partial charge on any atom is 0.129 e. The lowest BCUT2D eigenvalue weighted by atomic mass is 9.98. The predicted molar refractivity (Wildman–Crippen MR) is 81.3 cm³/mol. The average molecular weight is 363 g/mol. The second-order valence-electron chi connectivity index (χ2n) is 4.33. The van der Waals surface area contributed by atoms with Crippen LogP contribution < -0.4 is 5.73 Å². The van der Waals surface area contributed by atoms with Crippen LogP contribution in [0.2, 0.25) is 10.0 Å². The van der Waals surface area contributed by atoms with Crippen LogP contribution in [-0.2, 0) is 0 Å². The Bertz CT molecular complexity index is 611. The van der Waals surface area contributed by atoms with Crippen LogP contribution >= 0.6 is 39.1 Å². The van der Waals surface area contributed by atoms with Crippen molar-refractivity contribution in [2.24, 2.45) is 5.73 Å². The molecule has 0 amide bonds. The van der Waals surface area contributed by atoms with E-state index in [1.165, 1.54) is 12.1 Å². The van der Waals surface area contributed by atoms with Gasteiger partial charge in [-0.25, -0.2) is 4.39 Å². The highest BCUT2D eigenvalue weighted by atomic mass is 79.9. The number of benzene rings is 2. The number of hydrogen-bond acceptors (Lipinski definition) is 1. The Morgan fingerprint density at radius 3 is 2.47 bits per heavy atom. The maximum atomic E-state index is 14.0. The van der Waals surface area contributed by atoms with E-state index in [2.05, 4.69) is 15.9 Å². The lowest BCUT2D eigenvalue weighted by Gasteiger charge is -2.15. The topological polar surface area (TPSA) is 26.0 Å². The molecule has 1 unspecified atom stereocenters. The van der Waals surface area contributed by atoms with Gasteiger partial charge in [0, 0.05) is 15.1 Å². The van der Waals surface area contributed by atoms with Gasteiger partial charge >= 0.3 is 0 Å². The number of aryl methyl sites for hydroxylation is 1. The Hall–Kier alpha value is -0.610. The lowest BCUT2D eigenvalue weighted by Crippen LogP contribution is -2.14.